The van der Waals surface area contributed by atoms with Crippen LogP contribution in [-0.2, 0) is 6.54 Å². The summed E-state index contributed by atoms with van der Waals surface area (Å²) < 4.78 is 0.913. The van der Waals surface area contributed by atoms with E-state index in [0.29, 0.717) is 23.4 Å². The molecule has 0 aliphatic rings. The van der Waals surface area contributed by atoms with E-state index in [4.69, 9.17) is 0 Å². The van der Waals surface area contributed by atoms with Crippen LogP contribution in [0, 0.1) is 3.57 Å². The first-order chi connectivity index (χ1) is 12.6. The molecule has 0 atom stereocenters. The quantitative estimate of drug-likeness (QED) is 0.572. The number of rotatable bonds is 5. The van der Waals surface area contributed by atoms with Crippen molar-refractivity contribution in [1.29, 1.82) is 0 Å². The highest BCUT2D eigenvalue weighted by Gasteiger charge is 2.09. The molecular formula is C20H16IN3O2. The largest absolute Gasteiger partial charge is 0.348 e. The van der Waals surface area contributed by atoms with Crippen LogP contribution in [0.1, 0.15) is 26.3 Å². The molecule has 0 fully saturated rings. The number of hydrogen-bond acceptors (Lipinski definition) is 3. The van der Waals surface area contributed by atoms with Crippen LogP contribution >= 0.6 is 22.6 Å². The number of pyridine rings is 1. The van der Waals surface area contributed by atoms with E-state index in [0.717, 1.165) is 9.13 Å². The van der Waals surface area contributed by atoms with Crippen LogP contribution in [0.15, 0.2) is 73.1 Å². The van der Waals surface area contributed by atoms with E-state index in [9.17, 15) is 9.59 Å². The maximum absolute atomic E-state index is 12.2. The lowest BCUT2D eigenvalue weighted by Crippen LogP contribution is -2.23. The smallest absolute Gasteiger partial charge is 0.257 e. The molecule has 0 bridgehead atoms. The fraction of sp³-hybridized carbons (Fsp3) is 0.0500. The fourth-order valence-corrected chi connectivity index (χ4v) is 2.96. The van der Waals surface area contributed by atoms with Gasteiger partial charge >= 0.3 is 0 Å². The van der Waals surface area contributed by atoms with Gasteiger partial charge < -0.3 is 10.6 Å². The number of carbonyl (C=O) groups is 2. The van der Waals surface area contributed by atoms with Gasteiger partial charge in [0.1, 0.15) is 0 Å². The van der Waals surface area contributed by atoms with Gasteiger partial charge in [-0.1, -0.05) is 24.3 Å². The summed E-state index contributed by atoms with van der Waals surface area (Å²) in [6.07, 6.45) is 3.14. The van der Waals surface area contributed by atoms with Crippen molar-refractivity contribution in [3.05, 3.63) is 93.3 Å². The van der Waals surface area contributed by atoms with E-state index in [1.54, 1.807) is 24.4 Å². The highest BCUT2D eigenvalue weighted by Crippen LogP contribution is 2.13. The first kappa shape index (κ1) is 18.1. The second-order valence-electron chi connectivity index (χ2n) is 5.56. The van der Waals surface area contributed by atoms with Crippen molar-refractivity contribution in [3.63, 3.8) is 0 Å². The average molecular weight is 457 g/mol. The van der Waals surface area contributed by atoms with Crippen LogP contribution in [0.25, 0.3) is 0 Å². The Kier molecular flexibility index (Phi) is 5.96. The number of carbonyl (C=O) groups excluding carboxylic acids is 2. The first-order valence-corrected chi connectivity index (χ1v) is 9.04. The maximum atomic E-state index is 12.2. The highest BCUT2D eigenvalue weighted by molar-refractivity contribution is 14.1. The van der Waals surface area contributed by atoms with E-state index in [1.165, 1.54) is 6.20 Å². The normalized spacial score (nSPS) is 10.2. The minimum absolute atomic E-state index is 0.107. The van der Waals surface area contributed by atoms with Crippen LogP contribution in [0.4, 0.5) is 5.69 Å². The molecule has 3 aromatic rings. The molecule has 130 valence electrons. The minimum atomic E-state index is -0.210. The van der Waals surface area contributed by atoms with Gasteiger partial charge in [0.2, 0.25) is 0 Å². The number of nitrogens with one attached hydrogen (secondary N) is 2. The van der Waals surface area contributed by atoms with Crippen molar-refractivity contribution in [2.75, 3.05) is 5.32 Å². The van der Waals surface area contributed by atoms with Crippen molar-refractivity contribution in [3.8, 4) is 0 Å². The molecule has 26 heavy (non-hydrogen) atoms. The second-order valence-corrected chi connectivity index (χ2v) is 6.72. The fourth-order valence-electron chi connectivity index (χ4n) is 2.33. The monoisotopic (exact) mass is 457 g/mol. The summed E-state index contributed by atoms with van der Waals surface area (Å²) >= 11 is 2.14. The summed E-state index contributed by atoms with van der Waals surface area (Å²) in [6, 6.07) is 18.2. The predicted octanol–water partition coefficient (Wildman–Crippen LogP) is 3.87. The Morgan fingerprint density at radius 2 is 1.69 bits per heavy atom. The molecule has 1 heterocycles. The van der Waals surface area contributed by atoms with E-state index in [-0.39, 0.29) is 11.8 Å². The Hall–Kier alpha value is -2.74. The van der Waals surface area contributed by atoms with Crippen LogP contribution in [0.5, 0.6) is 0 Å². The molecular weight excluding hydrogens is 441 g/mol. The molecule has 0 spiro atoms. The Morgan fingerprint density at radius 1 is 0.923 bits per heavy atom. The zero-order chi connectivity index (χ0) is 18.4. The van der Waals surface area contributed by atoms with Crippen LogP contribution in [-0.4, -0.2) is 16.8 Å². The molecule has 6 heteroatoms. The molecule has 0 aliphatic carbocycles. The van der Waals surface area contributed by atoms with E-state index >= 15 is 0 Å². The van der Waals surface area contributed by atoms with Gasteiger partial charge in [0.05, 0.1) is 11.1 Å². The molecule has 5 nitrogen and oxygen atoms in total. The number of anilines is 1. The molecule has 3 rings (SSSR count). The molecule has 0 radical (unpaired) electrons. The van der Waals surface area contributed by atoms with E-state index < -0.39 is 0 Å². The van der Waals surface area contributed by atoms with Gasteiger partial charge in [0.25, 0.3) is 11.8 Å². The lowest BCUT2D eigenvalue weighted by molar-refractivity contribution is 0.0949. The Labute approximate surface area is 165 Å². The van der Waals surface area contributed by atoms with Crippen molar-refractivity contribution in [2.24, 2.45) is 0 Å². The SMILES string of the molecule is O=C(Nc1ccc(CNC(=O)c2ccccc2I)cc1)c1cccnc1. The topological polar surface area (TPSA) is 71.1 Å². The van der Waals surface area contributed by atoms with Crippen molar-refractivity contribution in [1.82, 2.24) is 10.3 Å². The maximum Gasteiger partial charge on any atom is 0.257 e. The zero-order valence-electron chi connectivity index (χ0n) is 13.8. The summed E-state index contributed by atoms with van der Waals surface area (Å²) in [4.78, 5) is 28.3. The van der Waals surface area contributed by atoms with Gasteiger partial charge in [-0.2, -0.15) is 0 Å². The van der Waals surface area contributed by atoms with Crippen molar-refractivity contribution >= 4 is 40.1 Å². The van der Waals surface area contributed by atoms with Crippen LogP contribution < -0.4 is 10.6 Å². The molecule has 2 amide bonds. The Balaban J connectivity index is 1.57. The van der Waals surface area contributed by atoms with Crippen molar-refractivity contribution < 1.29 is 9.59 Å². The average Bonchev–Trinajstić information content (AvgIpc) is 2.68. The summed E-state index contributed by atoms with van der Waals surface area (Å²) in [5.41, 5.74) is 2.80. The van der Waals surface area contributed by atoms with Crippen molar-refractivity contribution in [2.45, 2.75) is 6.54 Å². The molecule has 0 saturated heterocycles. The molecule has 0 aliphatic heterocycles. The number of hydrogen-bond donors (Lipinski definition) is 2. The number of benzene rings is 2. The third kappa shape index (κ3) is 4.66. The molecule has 0 unspecified atom stereocenters. The first-order valence-electron chi connectivity index (χ1n) is 7.96. The standard InChI is InChI=1S/C20H16IN3O2/c21-18-6-2-1-5-17(18)20(26)23-12-14-7-9-16(10-8-14)24-19(25)15-4-3-11-22-13-15/h1-11,13H,12H2,(H,23,26)(H,24,25). The van der Waals surface area contributed by atoms with E-state index in [1.807, 2.05) is 42.5 Å². The lowest BCUT2D eigenvalue weighted by atomic mass is 10.1. The third-order valence-electron chi connectivity index (χ3n) is 3.71. The van der Waals surface area contributed by atoms with Gasteiger partial charge in [0, 0.05) is 28.2 Å². The number of amides is 2. The molecule has 0 saturated carbocycles. The van der Waals surface area contributed by atoms with Gasteiger partial charge in [-0.25, -0.2) is 0 Å². The summed E-state index contributed by atoms with van der Waals surface area (Å²) in [5.74, 6) is -0.318. The number of halogens is 1. The molecule has 1 aromatic heterocycles. The van der Waals surface area contributed by atoms with Crippen LogP contribution in [0.2, 0.25) is 0 Å². The Bertz CT molecular complexity index is 912. The number of aromatic nitrogens is 1. The summed E-state index contributed by atoms with van der Waals surface area (Å²) in [5, 5.41) is 5.72. The van der Waals surface area contributed by atoms with E-state index in [2.05, 4.69) is 38.2 Å². The van der Waals surface area contributed by atoms with Gasteiger partial charge in [0.15, 0.2) is 0 Å². The lowest BCUT2D eigenvalue weighted by Gasteiger charge is -2.09. The predicted molar refractivity (Wildman–Crippen MR) is 109 cm³/mol. The second kappa shape index (κ2) is 8.57. The minimum Gasteiger partial charge on any atom is -0.348 e. The van der Waals surface area contributed by atoms with Gasteiger partial charge in [-0.3, -0.25) is 14.6 Å². The molecule has 2 N–H and O–H groups in total. The summed E-state index contributed by atoms with van der Waals surface area (Å²) in [6.45, 7) is 0.417. The third-order valence-corrected chi connectivity index (χ3v) is 4.65. The number of nitrogens with zero attached hydrogens (tertiary/aromatic N) is 1. The molecule has 2 aromatic carbocycles. The zero-order valence-corrected chi connectivity index (χ0v) is 15.9. The van der Waals surface area contributed by atoms with Crippen LogP contribution in [0.3, 0.4) is 0 Å². The van der Waals surface area contributed by atoms with Gasteiger partial charge in [-0.05, 0) is 64.6 Å². The highest BCUT2D eigenvalue weighted by atomic mass is 127. The Morgan fingerprint density at radius 3 is 2.38 bits per heavy atom. The van der Waals surface area contributed by atoms with Gasteiger partial charge in [-0.15, -0.1) is 0 Å². The summed E-state index contributed by atoms with van der Waals surface area (Å²) in [7, 11) is 0.